The summed E-state index contributed by atoms with van der Waals surface area (Å²) >= 11 is 0. The molecule has 0 spiro atoms. The van der Waals surface area contributed by atoms with Gasteiger partial charge in [0.2, 0.25) is 0 Å². The molecule has 1 aromatic carbocycles. The Morgan fingerprint density at radius 2 is 1.71 bits per heavy atom. The molecule has 0 aromatic heterocycles. The van der Waals surface area contributed by atoms with Crippen LogP contribution in [-0.4, -0.2) is 28.7 Å². The van der Waals surface area contributed by atoms with Gasteiger partial charge in [-0.05, 0) is 43.4 Å². The van der Waals surface area contributed by atoms with Gasteiger partial charge in [0.1, 0.15) is 0 Å². The van der Waals surface area contributed by atoms with Crippen molar-refractivity contribution in [1.82, 2.24) is 0 Å². The second-order valence-electron chi connectivity index (χ2n) is 7.22. The minimum absolute atomic E-state index is 0.306. The van der Waals surface area contributed by atoms with Gasteiger partial charge in [0.05, 0.1) is 0 Å². The van der Waals surface area contributed by atoms with Crippen molar-refractivity contribution in [3.8, 4) is 0 Å². The molecule has 1 aliphatic carbocycles. The fourth-order valence-corrected chi connectivity index (χ4v) is 5.27. The van der Waals surface area contributed by atoms with Crippen molar-refractivity contribution in [2.45, 2.75) is 74.8 Å². The van der Waals surface area contributed by atoms with E-state index in [4.69, 9.17) is 4.74 Å². The molecule has 0 radical (unpaired) electrons. The summed E-state index contributed by atoms with van der Waals surface area (Å²) in [5.74, 6) is 0.671. The summed E-state index contributed by atoms with van der Waals surface area (Å²) in [4.78, 5) is 0. The van der Waals surface area contributed by atoms with E-state index in [1.807, 2.05) is 0 Å². The maximum atomic E-state index is 12.6. The Hall–Kier alpha value is -0.870. The predicted molar refractivity (Wildman–Crippen MR) is 102 cm³/mol. The molecule has 1 saturated carbocycles. The van der Waals surface area contributed by atoms with Crippen molar-refractivity contribution in [2.24, 2.45) is 0 Å². The quantitative estimate of drug-likeness (QED) is 0.841. The monoisotopic (exact) mass is 349 g/mol. The fourth-order valence-electron chi connectivity index (χ4n) is 3.81. The number of hydrogen-bond acceptors (Lipinski definition) is 3. The Morgan fingerprint density at radius 1 is 1.00 bits per heavy atom. The molecule has 1 aliphatic heterocycles. The van der Waals surface area contributed by atoms with Gasteiger partial charge in [-0.15, -0.1) is 0 Å². The highest BCUT2D eigenvalue weighted by atomic mass is 32.2. The summed E-state index contributed by atoms with van der Waals surface area (Å²) in [5, 5.41) is 4.03. The van der Waals surface area contributed by atoms with E-state index in [0.717, 1.165) is 26.1 Å². The van der Waals surface area contributed by atoms with Crippen LogP contribution in [0.3, 0.4) is 0 Å². The molecule has 0 bridgehead atoms. The normalized spacial score (nSPS) is 22.5. The molecule has 3 rings (SSSR count). The fraction of sp³-hybridized carbons (Fsp3) is 0.700. The predicted octanol–water partition coefficient (Wildman–Crippen LogP) is 4.64. The zero-order valence-corrected chi connectivity index (χ0v) is 15.5. The Bertz CT molecular complexity index is 520. The SMILES string of the molecule is O=S(Cc1cccc(NC2CCCCCCC2)c1)C1CCOCC1. The van der Waals surface area contributed by atoms with Crippen molar-refractivity contribution in [2.75, 3.05) is 18.5 Å². The largest absolute Gasteiger partial charge is 0.382 e. The van der Waals surface area contributed by atoms with Gasteiger partial charge in [-0.1, -0.05) is 44.2 Å². The molecule has 2 aliphatic rings. The number of hydrogen-bond donors (Lipinski definition) is 1. The maximum Gasteiger partial charge on any atom is 0.0489 e. The minimum atomic E-state index is -0.785. The summed E-state index contributed by atoms with van der Waals surface area (Å²) in [5.41, 5.74) is 2.39. The van der Waals surface area contributed by atoms with Crippen LogP contribution in [0.15, 0.2) is 24.3 Å². The molecule has 1 unspecified atom stereocenters. The molecule has 3 nitrogen and oxygen atoms in total. The summed E-state index contributed by atoms with van der Waals surface area (Å²) in [6.45, 7) is 1.53. The van der Waals surface area contributed by atoms with E-state index in [0.29, 0.717) is 17.0 Å². The molecule has 24 heavy (non-hydrogen) atoms. The molecule has 1 aromatic rings. The third-order valence-electron chi connectivity index (χ3n) is 5.25. The van der Waals surface area contributed by atoms with Crippen molar-refractivity contribution in [1.29, 1.82) is 0 Å². The molecule has 2 fully saturated rings. The summed E-state index contributed by atoms with van der Waals surface area (Å²) in [7, 11) is -0.785. The Labute approximate surface area is 149 Å². The van der Waals surface area contributed by atoms with Crippen LogP contribution in [0.1, 0.15) is 63.4 Å². The van der Waals surface area contributed by atoms with Crippen molar-refractivity contribution in [3.05, 3.63) is 29.8 Å². The van der Waals surface area contributed by atoms with E-state index < -0.39 is 10.8 Å². The maximum absolute atomic E-state index is 12.6. The van der Waals surface area contributed by atoms with Gasteiger partial charge >= 0.3 is 0 Å². The van der Waals surface area contributed by atoms with Crippen LogP contribution < -0.4 is 5.32 Å². The molecule has 4 heteroatoms. The summed E-state index contributed by atoms with van der Waals surface area (Å²) in [6, 6.07) is 9.17. The smallest absolute Gasteiger partial charge is 0.0489 e. The van der Waals surface area contributed by atoms with Gasteiger partial charge in [-0.25, -0.2) is 0 Å². The molecule has 1 saturated heterocycles. The molecule has 134 valence electrons. The van der Waals surface area contributed by atoms with E-state index in [2.05, 4.69) is 29.6 Å². The van der Waals surface area contributed by atoms with E-state index >= 15 is 0 Å². The number of ether oxygens (including phenoxy) is 1. The van der Waals surface area contributed by atoms with Gasteiger partial charge in [-0.3, -0.25) is 4.21 Å². The molecule has 1 atom stereocenters. The van der Waals surface area contributed by atoms with Gasteiger partial charge < -0.3 is 10.1 Å². The summed E-state index contributed by atoms with van der Waals surface area (Å²) < 4.78 is 18.0. The second kappa shape index (κ2) is 9.57. The first-order valence-corrected chi connectivity index (χ1v) is 11.0. The molecule has 1 heterocycles. The number of nitrogens with one attached hydrogen (secondary N) is 1. The second-order valence-corrected chi connectivity index (χ2v) is 8.94. The lowest BCUT2D eigenvalue weighted by molar-refractivity contribution is 0.0992. The lowest BCUT2D eigenvalue weighted by Gasteiger charge is -2.23. The van der Waals surface area contributed by atoms with Crippen LogP contribution in [0.2, 0.25) is 0 Å². The van der Waals surface area contributed by atoms with Gasteiger partial charge in [0.15, 0.2) is 0 Å². The van der Waals surface area contributed by atoms with Gasteiger partial charge in [-0.2, -0.15) is 0 Å². The van der Waals surface area contributed by atoms with Crippen molar-refractivity contribution >= 4 is 16.5 Å². The topological polar surface area (TPSA) is 38.3 Å². The highest BCUT2D eigenvalue weighted by Crippen LogP contribution is 2.23. The van der Waals surface area contributed by atoms with E-state index in [9.17, 15) is 4.21 Å². The highest BCUT2D eigenvalue weighted by molar-refractivity contribution is 7.84. The van der Waals surface area contributed by atoms with E-state index in [1.165, 1.54) is 56.2 Å². The van der Waals surface area contributed by atoms with Crippen molar-refractivity contribution < 1.29 is 8.95 Å². The number of rotatable bonds is 5. The van der Waals surface area contributed by atoms with Crippen molar-refractivity contribution in [3.63, 3.8) is 0 Å². The van der Waals surface area contributed by atoms with E-state index in [-0.39, 0.29) is 0 Å². The third kappa shape index (κ3) is 5.59. The average molecular weight is 350 g/mol. The van der Waals surface area contributed by atoms with Gasteiger partial charge in [0, 0.05) is 46.7 Å². The molecule has 1 N–H and O–H groups in total. The summed E-state index contributed by atoms with van der Waals surface area (Å²) in [6.07, 6.45) is 11.3. The number of benzene rings is 1. The zero-order valence-electron chi connectivity index (χ0n) is 14.7. The molecular formula is C20H31NO2S. The Kier molecular flexibility index (Phi) is 7.15. The minimum Gasteiger partial charge on any atom is -0.382 e. The first-order chi connectivity index (χ1) is 11.8. The lowest BCUT2D eigenvalue weighted by atomic mass is 9.96. The first kappa shape index (κ1) is 17.9. The van der Waals surface area contributed by atoms with Crippen LogP contribution in [0.25, 0.3) is 0 Å². The highest BCUT2D eigenvalue weighted by Gasteiger charge is 2.20. The lowest BCUT2D eigenvalue weighted by Crippen LogP contribution is -2.25. The zero-order chi connectivity index (χ0) is 16.6. The molecule has 0 amide bonds. The van der Waals surface area contributed by atoms with Crippen LogP contribution in [0.4, 0.5) is 5.69 Å². The third-order valence-corrected chi connectivity index (χ3v) is 7.08. The van der Waals surface area contributed by atoms with Crippen LogP contribution in [0.5, 0.6) is 0 Å². The van der Waals surface area contributed by atoms with E-state index in [1.54, 1.807) is 0 Å². The Morgan fingerprint density at radius 3 is 2.46 bits per heavy atom. The van der Waals surface area contributed by atoms with Crippen LogP contribution in [-0.2, 0) is 21.3 Å². The standard InChI is InChI=1S/C20H31NO2S/c22-24(20-11-13-23-14-12-20)16-17-7-6-10-19(15-17)21-18-8-4-2-1-3-5-9-18/h6-7,10,15,18,20-21H,1-5,8-9,11-14,16H2. The van der Waals surface area contributed by atoms with Crippen LogP contribution in [0, 0.1) is 0 Å². The Balaban J connectivity index is 1.55. The molecular weight excluding hydrogens is 318 g/mol. The number of anilines is 1. The van der Waals surface area contributed by atoms with Crippen LogP contribution >= 0.6 is 0 Å². The first-order valence-electron chi connectivity index (χ1n) is 9.61. The van der Waals surface area contributed by atoms with Gasteiger partial charge in [0.25, 0.3) is 0 Å². The average Bonchev–Trinajstić information content (AvgIpc) is 2.58.